The lowest BCUT2D eigenvalue weighted by Crippen LogP contribution is -2.29. The molecule has 1 amide bonds. The van der Waals surface area contributed by atoms with Gasteiger partial charge in [-0.15, -0.1) is 10.2 Å². The van der Waals surface area contributed by atoms with Crippen LogP contribution in [0.2, 0.25) is 0 Å². The zero-order valence-corrected chi connectivity index (χ0v) is 18.2. The van der Waals surface area contributed by atoms with E-state index < -0.39 is 17.7 Å². The van der Waals surface area contributed by atoms with Gasteiger partial charge in [-0.05, 0) is 37.6 Å². The Morgan fingerprint density at radius 3 is 2.44 bits per heavy atom. The summed E-state index contributed by atoms with van der Waals surface area (Å²) in [7, 11) is 0. The Kier molecular flexibility index (Phi) is 4.90. The summed E-state index contributed by atoms with van der Waals surface area (Å²) in [5, 5.41) is 20.3. The van der Waals surface area contributed by atoms with E-state index in [4.69, 9.17) is 9.47 Å². The fraction of sp³-hybridized carbons (Fsp3) is 0.217. The molecule has 32 heavy (non-hydrogen) atoms. The summed E-state index contributed by atoms with van der Waals surface area (Å²) in [6.07, 6.45) is 0. The molecular formula is C23H19N3O5S. The van der Waals surface area contributed by atoms with Gasteiger partial charge in [0, 0.05) is 5.56 Å². The fourth-order valence-corrected chi connectivity index (χ4v) is 4.54. The zero-order chi connectivity index (χ0) is 22.4. The van der Waals surface area contributed by atoms with Crippen LogP contribution in [0.4, 0.5) is 5.13 Å². The maximum Gasteiger partial charge on any atom is 0.301 e. The third-order valence-electron chi connectivity index (χ3n) is 5.37. The number of Topliss-reactive ketones (excluding diaryl/α,β-unsaturated/α-hetero) is 1. The van der Waals surface area contributed by atoms with Crippen LogP contribution in [0.15, 0.2) is 48.0 Å². The SMILES string of the molecule is Cc1ccc([C@H]2/C(=C(\O)c3ccc4c(c3)OCCO4)C(=O)C(=O)N2c2nnc(C)s2)cc1. The minimum Gasteiger partial charge on any atom is -0.507 e. The number of anilines is 1. The van der Waals surface area contributed by atoms with E-state index in [0.29, 0.717) is 46.0 Å². The Hall–Kier alpha value is -3.72. The van der Waals surface area contributed by atoms with Gasteiger partial charge in [-0.25, -0.2) is 0 Å². The summed E-state index contributed by atoms with van der Waals surface area (Å²) in [4.78, 5) is 27.5. The number of aryl methyl sites for hydroxylation is 2. The number of aromatic nitrogens is 2. The highest BCUT2D eigenvalue weighted by atomic mass is 32.1. The Morgan fingerprint density at radius 1 is 1.03 bits per heavy atom. The Balaban J connectivity index is 1.69. The van der Waals surface area contributed by atoms with Crippen molar-refractivity contribution in [2.75, 3.05) is 18.1 Å². The molecule has 1 aromatic heterocycles. The second kappa shape index (κ2) is 7.76. The van der Waals surface area contributed by atoms with Crippen LogP contribution in [0.3, 0.4) is 0 Å². The van der Waals surface area contributed by atoms with Gasteiger partial charge in [0.05, 0.1) is 11.6 Å². The van der Waals surface area contributed by atoms with Crippen molar-refractivity contribution in [1.82, 2.24) is 10.2 Å². The molecule has 0 saturated carbocycles. The van der Waals surface area contributed by atoms with Crippen molar-refractivity contribution < 1.29 is 24.2 Å². The van der Waals surface area contributed by atoms with E-state index in [1.54, 1.807) is 25.1 Å². The normalized spacial score (nSPS) is 19.4. The average Bonchev–Trinajstić information content (AvgIpc) is 3.34. The first-order chi connectivity index (χ1) is 15.4. The van der Waals surface area contributed by atoms with E-state index in [1.165, 1.54) is 16.2 Å². The summed E-state index contributed by atoms with van der Waals surface area (Å²) in [5.41, 5.74) is 2.06. The predicted octanol–water partition coefficient (Wildman–Crippen LogP) is 3.55. The molecule has 1 saturated heterocycles. The lowest BCUT2D eigenvalue weighted by atomic mass is 9.94. The molecule has 2 aliphatic heterocycles. The number of aliphatic hydroxyl groups is 1. The minimum absolute atomic E-state index is 0.0108. The molecule has 0 spiro atoms. The molecule has 1 fully saturated rings. The predicted molar refractivity (Wildman–Crippen MR) is 118 cm³/mol. The van der Waals surface area contributed by atoms with Crippen LogP contribution >= 0.6 is 11.3 Å². The third kappa shape index (κ3) is 3.31. The summed E-state index contributed by atoms with van der Waals surface area (Å²) in [5.74, 6) is -0.787. The van der Waals surface area contributed by atoms with Crippen LogP contribution in [0.1, 0.15) is 27.7 Å². The number of hydrogen-bond acceptors (Lipinski definition) is 8. The van der Waals surface area contributed by atoms with Crippen molar-refractivity contribution in [3.05, 3.63) is 69.7 Å². The number of nitrogens with zero attached hydrogens (tertiary/aromatic N) is 3. The molecule has 0 bridgehead atoms. The van der Waals surface area contributed by atoms with Crippen molar-refractivity contribution >= 4 is 33.9 Å². The molecule has 2 aromatic carbocycles. The van der Waals surface area contributed by atoms with Crippen molar-refractivity contribution in [3.63, 3.8) is 0 Å². The monoisotopic (exact) mass is 449 g/mol. The van der Waals surface area contributed by atoms with Gasteiger partial charge < -0.3 is 14.6 Å². The molecule has 0 radical (unpaired) electrons. The summed E-state index contributed by atoms with van der Waals surface area (Å²) < 4.78 is 11.1. The van der Waals surface area contributed by atoms with Crippen molar-refractivity contribution in [2.24, 2.45) is 0 Å². The van der Waals surface area contributed by atoms with E-state index in [2.05, 4.69) is 10.2 Å². The van der Waals surface area contributed by atoms with Crippen molar-refractivity contribution in [1.29, 1.82) is 0 Å². The number of aliphatic hydroxyl groups excluding tert-OH is 1. The lowest BCUT2D eigenvalue weighted by molar-refractivity contribution is -0.132. The Labute approximate surface area is 187 Å². The molecule has 162 valence electrons. The smallest absolute Gasteiger partial charge is 0.301 e. The number of benzene rings is 2. The van der Waals surface area contributed by atoms with Crippen LogP contribution in [-0.4, -0.2) is 40.2 Å². The standard InChI is InChI=1S/C23H19N3O5S/c1-12-3-5-14(6-4-12)19-18(21(28)22(29)26(19)23-25-24-13(2)32-23)20(27)15-7-8-16-17(11-15)31-10-9-30-16/h3-8,11,19,27H,9-10H2,1-2H3/b20-18+/t19-/m0/s1. The first-order valence-corrected chi connectivity index (χ1v) is 10.8. The fourth-order valence-electron chi connectivity index (χ4n) is 3.82. The molecule has 0 aliphatic carbocycles. The largest absolute Gasteiger partial charge is 0.507 e. The molecular weight excluding hydrogens is 430 g/mol. The second-order valence-corrected chi connectivity index (χ2v) is 8.70. The van der Waals surface area contributed by atoms with Crippen LogP contribution in [0.5, 0.6) is 11.5 Å². The molecule has 9 heteroatoms. The van der Waals surface area contributed by atoms with Crippen LogP contribution in [-0.2, 0) is 9.59 Å². The number of amides is 1. The molecule has 1 N–H and O–H groups in total. The van der Waals surface area contributed by atoms with E-state index in [-0.39, 0.29) is 11.3 Å². The van der Waals surface area contributed by atoms with E-state index >= 15 is 0 Å². The van der Waals surface area contributed by atoms with Crippen LogP contribution in [0.25, 0.3) is 5.76 Å². The van der Waals surface area contributed by atoms with Gasteiger partial charge in [-0.1, -0.05) is 41.2 Å². The Bertz CT molecular complexity index is 1260. The molecule has 5 rings (SSSR count). The molecule has 3 heterocycles. The van der Waals surface area contributed by atoms with E-state index in [1.807, 2.05) is 31.2 Å². The number of fused-ring (bicyclic) bond motifs is 1. The first-order valence-electron chi connectivity index (χ1n) is 10.0. The average molecular weight is 449 g/mol. The quantitative estimate of drug-likeness (QED) is 0.371. The summed E-state index contributed by atoms with van der Waals surface area (Å²) in [6, 6.07) is 11.5. The van der Waals surface area contributed by atoms with Crippen molar-refractivity contribution in [2.45, 2.75) is 19.9 Å². The maximum absolute atomic E-state index is 13.1. The third-order valence-corrected chi connectivity index (χ3v) is 6.21. The highest BCUT2D eigenvalue weighted by molar-refractivity contribution is 7.15. The van der Waals surface area contributed by atoms with E-state index in [0.717, 1.165) is 5.56 Å². The second-order valence-electron chi connectivity index (χ2n) is 7.54. The number of carbonyl (C=O) groups excluding carboxylic acids is 2. The lowest BCUT2D eigenvalue weighted by Gasteiger charge is -2.23. The number of rotatable bonds is 3. The minimum atomic E-state index is -0.837. The van der Waals surface area contributed by atoms with Gasteiger partial charge in [0.25, 0.3) is 5.78 Å². The first kappa shape index (κ1) is 20.2. The molecule has 1 atom stereocenters. The molecule has 8 nitrogen and oxygen atoms in total. The van der Waals surface area contributed by atoms with Gasteiger partial charge >= 0.3 is 5.91 Å². The Morgan fingerprint density at radius 2 is 1.75 bits per heavy atom. The number of ketones is 1. The van der Waals surface area contributed by atoms with Gasteiger partial charge in [0.1, 0.15) is 24.0 Å². The van der Waals surface area contributed by atoms with Crippen LogP contribution < -0.4 is 14.4 Å². The topological polar surface area (TPSA) is 102 Å². The highest BCUT2D eigenvalue weighted by Crippen LogP contribution is 2.43. The zero-order valence-electron chi connectivity index (χ0n) is 17.4. The summed E-state index contributed by atoms with van der Waals surface area (Å²) >= 11 is 1.21. The molecule has 2 aliphatic rings. The van der Waals surface area contributed by atoms with Crippen molar-refractivity contribution in [3.8, 4) is 11.5 Å². The van der Waals surface area contributed by atoms with Gasteiger partial charge in [0.2, 0.25) is 5.13 Å². The van der Waals surface area contributed by atoms with Gasteiger partial charge in [-0.2, -0.15) is 0 Å². The van der Waals surface area contributed by atoms with Gasteiger partial charge in [0.15, 0.2) is 11.5 Å². The number of hydrogen-bond donors (Lipinski definition) is 1. The van der Waals surface area contributed by atoms with Crippen LogP contribution in [0, 0.1) is 13.8 Å². The summed E-state index contributed by atoms with van der Waals surface area (Å²) in [6.45, 7) is 4.55. The molecule has 0 unspecified atom stereocenters. The van der Waals surface area contributed by atoms with E-state index in [9.17, 15) is 14.7 Å². The highest BCUT2D eigenvalue weighted by Gasteiger charge is 2.48. The molecule has 3 aromatic rings. The maximum atomic E-state index is 13.1. The number of carbonyl (C=O) groups is 2. The number of ether oxygens (including phenoxy) is 2. The van der Waals surface area contributed by atoms with Gasteiger partial charge in [-0.3, -0.25) is 14.5 Å².